The Labute approximate surface area is 195 Å². The first-order chi connectivity index (χ1) is 15.9. The number of aromatic nitrogens is 2. The van der Waals surface area contributed by atoms with Crippen LogP contribution in [0.25, 0.3) is 0 Å². The molecule has 2 aliphatic heterocycles. The smallest absolute Gasteiger partial charge is 0.391 e. The molecule has 0 saturated carbocycles. The predicted molar refractivity (Wildman–Crippen MR) is 116 cm³/mol. The summed E-state index contributed by atoms with van der Waals surface area (Å²) in [6, 6.07) is 5.41. The van der Waals surface area contributed by atoms with Gasteiger partial charge in [0, 0.05) is 41.7 Å². The minimum atomic E-state index is -4.69. The van der Waals surface area contributed by atoms with E-state index in [0.29, 0.717) is 23.4 Å². The molecule has 0 radical (unpaired) electrons. The van der Waals surface area contributed by atoms with Gasteiger partial charge in [0.1, 0.15) is 11.3 Å². The summed E-state index contributed by atoms with van der Waals surface area (Å²) in [4.78, 5) is 23.1. The van der Waals surface area contributed by atoms with Crippen molar-refractivity contribution in [3.8, 4) is 0 Å². The summed E-state index contributed by atoms with van der Waals surface area (Å²) in [7, 11) is 0. The minimum absolute atomic E-state index is 0.0223. The number of hydrogen-bond acceptors (Lipinski definition) is 6. The van der Waals surface area contributed by atoms with Gasteiger partial charge in [-0.15, -0.1) is 0 Å². The number of nitrogens with zero attached hydrogens (tertiary/aromatic N) is 3. The Morgan fingerprint density at radius 3 is 2.41 bits per heavy atom. The van der Waals surface area contributed by atoms with Crippen molar-refractivity contribution in [2.75, 3.05) is 19.8 Å². The number of β-amino-alcohol motifs (C(OH)–C–C–N with tert-alkyl or cyclic N) is 1. The zero-order valence-electron chi connectivity index (χ0n) is 19.3. The van der Waals surface area contributed by atoms with E-state index in [0.717, 1.165) is 6.07 Å². The van der Waals surface area contributed by atoms with Gasteiger partial charge in [-0.2, -0.15) is 13.2 Å². The summed E-state index contributed by atoms with van der Waals surface area (Å²) >= 11 is 0. The van der Waals surface area contributed by atoms with Gasteiger partial charge in [-0.3, -0.25) is 9.78 Å². The molecule has 0 bridgehead atoms. The van der Waals surface area contributed by atoms with E-state index in [1.165, 1.54) is 6.07 Å². The Morgan fingerprint density at radius 1 is 1.21 bits per heavy atom. The van der Waals surface area contributed by atoms with E-state index in [-0.39, 0.29) is 55.3 Å². The fraction of sp³-hybridized carbons (Fsp3) is 0.542. The molecule has 2 fully saturated rings. The van der Waals surface area contributed by atoms with Crippen molar-refractivity contribution in [1.82, 2.24) is 14.9 Å². The topological polar surface area (TPSA) is 95.8 Å². The summed E-state index contributed by atoms with van der Waals surface area (Å²) in [6.07, 6.45) is -4.83. The van der Waals surface area contributed by atoms with E-state index >= 15 is 0 Å². The largest absolute Gasteiger partial charge is 0.433 e. The lowest BCUT2D eigenvalue weighted by atomic mass is 9.91. The number of aliphatic hydroxyl groups excluding tert-OH is 1. The Kier molecular flexibility index (Phi) is 6.43. The maximum absolute atomic E-state index is 13.5. The van der Waals surface area contributed by atoms with Crippen molar-refractivity contribution >= 4 is 5.91 Å². The Bertz CT molecular complexity index is 1090. The molecular weight excluding hydrogens is 451 g/mol. The van der Waals surface area contributed by atoms with Crippen LogP contribution >= 0.6 is 0 Å². The summed E-state index contributed by atoms with van der Waals surface area (Å²) in [5, 5.41) is 20.5. The normalized spacial score (nSPS) is 22.2. The molecule has 1 amide bonds. The molecule has 2 N–H and O–H groups in total. The number of rotatable bonds is 5. The van der Waals surface area contributed by atoms with Gasteiger partial charge in [0.05, 0.1) is 19.3 Å². The number of halogens is 3. The van der Waals surface area contributed by atoms with E-state index < -0.39 is 23.6 Å². The summed E-state index contributed by atoms with van der Waals surface area (Å²) in [6.45, 7) is 5.74. The SMILES string of the molecule is CC(C)c1cc(C(=O)N2CC(O)CC2C)cc(Cc2cc(C3(O)COC3)cc(C(F)(F)F)n2)n1. The molecule has 2 aromatic heterocycles. The standard InChI is InChI=1S/C24H28F3N3O4/c1-13(2)20-6-15(22(32)30-10-19(31)4-14(30)3)5-17(28-20)9-18-7-16(23(33)11-34-12-23)8-21(29-18)24(25,26)27/h5-8,13-14,19,31,33H,4,9-12H2,1-3H3. The second-order valence-electron chi connectivity index (χ2n) is 9.55. The van der Waals surface area contributed by atoms with E-state index in [9.17, 15) is 28.2 Å². The lowest BCUT2D eigenvalue weighted by molar-refractivity contribution is -0.185. The summed E-state index contributed by atoms with van der Waals surface area (Å²) < 4.78 is 45.5. The molecule has 0 aliphatic carbocycles. The van der Waals surface area contributed by atoms with Gasteiger partial charge in [-0.1, -0.05) is 13.8 Å². The number of likely N-dealkylation sites (tertiary alicyclic amines) is 1. The number of aliphatic hydroxyl groups is 2. The van der Waals surface area contributed by atoms with E-state index in [4.69, 9.17) is 4.74 Å². The molecule has 2 saturated heterocycles. The van der Waals surface area contributed by atoms with Gasteiger partial charge in [0.25, 0.3) is 5.91 Å². The third-order valence-electron chi connectivity index (χ3n) is 6.30. The van der Waals surface area contributed by atoms with Crippen LogP contribution in [0.1, 0.15) is 71.8 Å². The van der Waals surface area contributed by atoms with Gasteiger partial charge >= 0.3 is 6.18 Å². The number of ether oxygens (including phenoxy) is 1. The lowest BCUT2D eigenvalue weighted by Gasteiger charge is -2.37. The monoisotopic (exact) mass is 479 g/mol. The second kappa shape index (κ2) is 8.90. The number of amides is 1. The Hall–Kier alpha value is -2.56. The number of pyridine rings is 2. The maximum atomic E-state index is 13.5. The minimum Gasteiger partial charge on any atom is -0.391 e. The van der Waals surface area contributed by atoms with Crippen molar-refractivity contribution < 1.29 is 32.9 Å². The molecule has 34 heavy (non-hydrogen) atoms. The van der Waals surface area contributed by atoms with Crippen LogP contribution in [0.15, 0.2) is 24.3 Å². The van der Waals surface area contributed by atoms with Crippen molar-refractivity contribution in [3.63, 3.8) is 0 Å². The fourth-order valence-electron chi connectivity index (χ4n) is 4.31. The highest BCUT2D eigenvalue weighted by molar-refractivity contribution is 5.95. The molecule has 0 aromatic carbocycles. The molecule has 2 atom stereocenters. The van der Waals surface area contributed by atoms with E-state index in [2.05, 4.69) is 9.97 Å². The van der Waals surface area contributed by atoms with Crippen molar-refractivity contribution in [2.45, 2.75) is 63.5 Å². The number of alkyl halides is 3. The molecule has 2 unspecified atom stereocenters. The third-order valence-corrected chi connectivity index (χ3v) is 6.30. The van der Waals surface area contributed by atoms with Crippen LogP contribution in [0.3, 0.4) is 0 Å². The van der Waals surface area contributed by atoms with Crippen LogP contribution in [0.2, 0.25) is 0 Å². The predicted octanol–water partition coefficient (Wildman–Crippen LogP) is 3.02. The molecule has 2 aromatic rings. The van der Waals surface area contributed by atoms with Crippen molar-refractivity contribution in [1.29, 1.82) is 0 Å². The van der Waals surface area contributed by atoms with E-state index in [1.807, 2.05) is 20.8 Å². The second-order valence-corrected chi connectivity index (χ2v) is 9.55. The molecule has 10 heteroatoms. The average molecular weight is 479 g/mol. The number of carbonyl (C=O) groups is 1. The summed E-state index contributed by atoms with van der Waals surface area (Å²) in [5.74, 6) is -0.279. The van der Waals surface area contributed by atoms with Crippen LogP contribution in [0.4, 0.5) is 13.2 Å². The zero-order chi connectivity index (χ0) is 24.8. The zero-order valence-corrected chi connectivity index (χ0v) is 19.3. The maximum Gasteiger partial charge on any atom is 0.433 e. The van der Waals surface area contributed by atoms with Crippen LogP contribution < -0.4 is 0 Å². The molecule has 184 valence electrons. The number of hydrogen-bond donors (Lipinski definition) is 2. The Balaban J connectivity index is 1.71. The molecule has 7 nitrogen and oxygen atoms in total. The molecule has 2 aliphatic rings. The molecule has 4 heterocycles. The van der Waals surface area contributed by atoms with Crippen molar-refractivity contribution in [3.05, 3.63) is 58.2 Å². The quantitative estimate of drug-likeness (QED) is 0.685. The van der Waals surface area contributed by atoms with Gasteiger partial charge in [0.15, 0.2) is 0 Å². The lowest BCUT2D eigenvalue weighted by Crippen LogP contribution is -2.46. The van der Waals surface area contributed by atoms with E-state index in [1.54, 1.807) is 17.0 Å². The highest BCUT2D eigenvalue weighted by Gasteiger charge is 2.41. The highest BCUT2D eigenvalue weighted by Crippen LogP contribution is 2.35. The average Bonchev–Trinajstić information content (AvgIpc) is 3.08. The number of carbonyl (C=O) groups excluding carboxylic acids is 1. The fourth-order valence-corrected chi connectivity index (χ4v) is 4.31. The molecule has 0 spiro atoms. The van der Waals surface area contributed by atoms with Crippen molar-refractivity contribution in [2.24, 2.45) is 0 Å². The van der Waals surface area contributed by atoms with Gasteiger partial charge < -0.3 is 19.8 Å². The first kappa shape index (κ1) is 24.6. The van der Waals surface area contributed by atoms with Crippen LogP contribution in [-0.2, 0) is 22.9 Å². The Morgan fingerprint density at radius 2 is 1.88 bits per heavy atom. The van der Waals surface area contributed by atoms with Gasteiger partial charge in [0.2, 0.25) is 0 Å². The van der Waals surface area contributed by atoms with Gasteiger partial charge in [-0.25, -0.2) is 4.98 Å². The molecular formula is C24H28F3N3O4. The molecule has 4 rings (SSSR count). The van der Waals surface area contributed by atoms with Crippen LogP contribution in [-0.4, -0.2) is 62.9 Å². The highest BCUT2D eigenvalue weighted by atomic mass is 19.4. The van der Waals surface area contributed by atoms with Gasteiger partial charge in [-0.05, 0) is 49.1 Å². The first-order valence-electron chi connectivity index (χ1n) is 11.2. The third kappa shape index (κ3) is 4.94. The summed E-state index contributed by atoms with van der Waals surface area (Å²) in [5.41, 5.74) is -1.01. The first-order valence-corrected chi connectivity index (χ1v) is 11.2. The van der Waals surface area contributed by atoms with Crippen LogP contribution in [0, 0.1) is 0 Å². The van der Waals surface area contributed by atoms with Crippen LogP contribution in [0.5, 0.6) is 0 Å².